The molecule has 0 aromatic carbocycles. The molecule has 0 aliphatic rings. The van der Waals surface area contributed by atoms with Crippen molar-refractivity contribution in [2.24, 2.45) is 17.2 Å². The largest absolute Gasteiger partial charge is 0.481 e. The molecule has 0 aliphatic carbocycles. The van der Waals surface area contributed by atoms with Crippen LogP contribution in [-0.4, -0.2) is 75.9 Å². The quantitative estimate of drug-likeness (QED) is 0.117. The van der Waals surface area contributed by atoms with Crippen molar-refractivity contribution in [1.29, 1.82) is 0 Å². The van der Waals surface area contributed by atoms with E-state index in [1.807, 2.05) is 5.32 Å². The monoisotopic (exact) mass is 460 g/mol. The molecule has 4 atom stereocenters. The zero-order valence-electron chi connectivity index (χ0n) is 17.3. The smallest absolute Gasteiger partial charge is 0.326 e. The molecular weight excluding hydrogens is 432 g/mol. The van der Waals surface area contributed by atoms with E-state index in [9.17, 15) is 33.6 Å². The second-order valence-electron chi connectivity index (χ2n) is 6.92. The normalized spacial score (nSPS) is 14.2. The van der Waals surface area contributed by atoms with Crippen LogP contribution in [0.15, 0.2) is 0 Å². The van der Waals surface area contributed by atoms with E-state index in [2.05, 4.69) is 10.6 Å². The number of aliphatic carboxylic acids is 2. The van der Waals surface area contributed by atoms with Gasteiger partial charge in [-0.3, -0.25) is 28.8 Å². The number of primary amides is 2. The minimum Gasteiger partial charge on any atom is -0.481 e. The first-order valence-electron chi connectivity index (χ1n) is 9.42. The summed E-state index contributed by atoms with van der Waals surface area (Å²) in [7, 11) is 0. The van der Waals surface area contributed by atoms with Gasteiger partial charge >= 0.3 is 11.9 Å². The van der Waals surface area contributed by atoms with Gasteiger partial charge in [-0.05, 0) is 19.8 Å². The van der Waals surface area contributed by atoms with E-state index in [1.165, 1.54) is 6.92 Å². The zero-order chi connectivity index (χ0) is 25.0. The van der Waals surface area contributed by atoms with Gasteiger partial charge in [0.25, 0.3) is 0 Å². The van der Waals surface area contributed by atoms with Crippen LogP contribution in [0.2, 0.25) is 0 Å². The van der Waals surface area contributed by atoms with E-state index in [0.29, 0.717) is 0 Å². The molecule has 0 spiro atoms. The van der Waals surface area contributed by atoms with E-state index < -0.39 is 84.9 Å². The molecule has 0 radical (unpaired) electrons. The molecule has 5 amide bonds. The third-order valence-electron chi connectivity index (χ3n) is 4.03. The van der Waals surface area contributed by atoms with E-state index in [0.717, 1.165) is 0 Å². The fraction of sp³-hybridized carbons (Fsp3) is 0.588. The lowest BCUT2D eigenvalue weighted by atomic mass is 10.1. The molecule has 0 heterocycles. The van der Waals surface area contributed by atoms with Gasteiger partial charge < -0.3 is 43.4 Å². The number of nitrogens with one attached hydrogen (secondary N) is 3. The molecule has 0 bridgehead atoms. The molecule has 0 aromatic heterocycles. The lowest BCUT2D eigenvalue weighted by Crippen LogP contribution is -2.57. The SMILES string of the molecule is CC(N)C(=O)NC(CCC(N)=O)C(=O)NC(CCC(=O)O)C(=O)NC(CC(N)=O)C(=O)O. The van der Waals surface area contributed by atoms with Gasteiger partial charge in [-0.25, -0.2) is 4.79 Å². The lowest BCUT2D eigenvalue weighted by molar-refractivity contribution is -0.144. The van der Waals surface area contributed by atoms with Gasteiger partial charge in [0.1, 0.15) is 18.1 Å². The molecule has 180 valence electrons. The highest BCUT2D eigenvalue weighted by Crippen LogP contribution is 2.04. The number of amides is 5. The summed E-state index contributed by atoms with van der Waals surface area (Å²) in [5.41, 5.74) is 15.4. The summed E-state index contributed by atoms with van der Waals surface area (Å²) in [6.45, 7) is 1.34. The molecule has 11 N–H and O–H groups in total. The fourth-order valence-electron chi connectivity index (χ4n) is 2.34. The number of nitrogens with two attached hydrogens (primary N) is 3. The van der Waals surface area contributed by atoms with Gasteiger partial charge in [-0.1, -0.05) is 0 Å². The van der Waals surface area contributed by atoms with Gasteiger partial charge in [0.2, 0.25) is 29.5 Å². The molecule has 15 heteroatoms. The number of hydrogen-bond acceptors (Lipinski definition) is 8. The van der Waals surface area contributed by atoms with Crippen LogP contribution >= 0.6 is 0 Å². The summed E-state index contributed by atoms with van der Waals surface area (Å²) in [5, 5.41) is 24.5. The van der Waals surface area contributed by atoms with E-state index >= 15 is 0 Å². The van der Waals surface area contributed by atoms with Gasteiger partial charge in [-0.15, -0.1) is 0 Å². The molecule has 32 heavy (non-hydrogen) atoms. The Kier molecular flexibility index (Phi) is 11.9. The van der Waals surface area contributed by atoms with Crippen LogP contribution < -0.4 is 33.2 Å². The fourth-order valence-corrected chi connectivity index (χ4v) is 2.34. The summed E-state index contributed by atoms with van der Waals surface area (Å²) in [6.07, 6.45) is -2.31. The Morgan fingerprint density at radius 2 is 1.16 bits per heavy atom. The second-order valence-corrected chi connectivity index (χ2v) is 6.92. The molecule has 0 saturated heterocycles. The summed E-state index contributed by atoms with van der Waals surface area (Å²) in [4.78, 5) is 81.2. The van der Waals surface area contributed by atoms with Crippen molar-refractivity contribution in [1.82, 2.24) is 16.0 Å². The van der Waals surface area contributed by atoms with Gasteiger partial charge in [-0.2, -0.15) is 0 Å². The van der Waals surface area contributed by atoms with Crippen molar-refractivity contribution in [3.05, 3.63) is 0 Å². The Labute approximate surface area is 182 Å². The van der Waals surface area contributed by atoms with Gasteiger partial charge in [0.15, 0.2) is 0 Å². The first-order chi connectivity index (χ1) is 14.7. The number of carbonyl (C=O) groups is 7. The van der Waals surface area contributed by atoms with Crippen LogP contribution in [0.4, 0.5) is 0 Å². The Hall–Kier alpha value is -3.75. The van der Waals surface area contributed by atoms with Crippen molar-refractivity contribution in [2.45, 2.75) is 63.2 Å². The molecule has 0 aliphatic heterocycles. The van der Waals surface area contributed by atoms with Crippen LogP contribution in [0.5, 0.6) is 0 Å². The highest BCUT2D eigenvalue weighted by molar-refractivity contribution is 5.95. The molecule has 0 fully saturated rings. The van der Waals surface area contributed by atoms with Crippen molar-refractivity contribution >= 4 is 41.5 Å². The van der Waals surface area contributed by atoms with Crippen LogP contribution in [0.25, 0.3) is 0 Å². The first kappa shape index (κ1) is 28.2. The standard InChI is InChI=1S/C17H28N6O9/c1-7(18)14(28)21-8(2-4-11(19)24)15(29)22-9(3-5-13(26)27)16(30)23-10(17(31)32)6-12(20)25/h7-10H,2-6,18H2,1H3,(H2,19,24)(H2,20,25)(H,21,28)(H,22,29)(H,23,30)(H,26,27)(H,31,32). The maximum absolute atomic E-state index is 12.6. The molecule has 0 aromatic rings. The highest BCUT2D eigenvalue weighted by atomic mass is 16.4. The maximum atomic E-state index is 12.6. The number of carboxylic acid groups (broad SMARTS) is 2. The number of hydrogen-bond donors (Lipinski definition) is 8. The third-order valence-corrected chi connectivity index (χ3v) is 4.03. The summed E-state index contributed by atoms with van der Waals surface area (Å²) in [6, 6.07) is -5.61. The van der Waals surface area contributed by atoms with Crippen molar-refractivity contribution < 1.29 is 43.8 Å². The van der Waals surface area contributed by atoms with E-state index in [4.69, 9.17) is 27.4 Å². The summed E-state index contributed by atoms with van der Waals surface area (Å²) in [5.74, 6) is -7.48. The van der Waals surface area contributed by atoms with Crippen molar-refractivity contribution in [3.8, 4) is 0 Å². The van der Waals surface area contributed by atoms with E-state index in [-0.39, 0.29) is 12.8 Å². The maximum Gasteiger partial charge on any atom is 0.326 e. The predicted molar refractivity (Wildman–Crippen MR) is 106 cm³/mol. The topological polar surface area (TPSA) is 274 Å². The third kappa shape index (κ3) is 11.4. The van der Waals surface area contributed by atoms with Gasteiger partial charge in [0, 0.05) is 12.8 Å². The molecule has 4 unspecified atom stereocenters. The molecular formula is C17H28N6O9. The number of carbonyl (C=O) groups excluding carboxylic acids is 5. The van der Waals surface area contributed by atoms with Crippen molar-refractivity contribution in [2.75, 3.05) is 0 Å². The van der Waals surface area contributed by atoms with Crippen LogP contribution in [-0.2, 0) is 33.6 Å². The zero-order valence-corrected chi connectivity index (χ0v) is 17.3. The summed E-state index contributed by atoms with van der Waals surface area (Å²) < 4.78 is 0. The van der Waals surface area contributed by atoms with Crippen LogP contribution in [0.1, 0.15) is 39.0 Å². The first-order valence-corrected chi connectivity index (χ1v) is 9.42. The number of rotatable bonds is 15. The van der Waals surface area contributed by atoms with Gasteiger partial charge in [0.05, 0.1) is 12.5 Å². The number of carboxylic acids is 2. The minimum absolute atomic E-state index is 0.244. The van der Waals surface area contributed by atoms with Crippen LogP contribution in [0, 0.1) is 0 Å². The minimum atomic E-state index is -1.72. The van der Waals surface area contributed by atoms with Crippen LogP contribution in [0.3, 0.4) is 0 Å². The molecule has 0 saturated carbocycles. The molecule has 0 rings (SSSR count). The highest BCUT2D eigenvalue weighted by Gasteiger charge is 2.31. The molecule has 15 nitrogen and oxygen atoms in total. The Morgan fingerprint density at radius 3 is 1.53 bits per heavy atom. The van der Waals surface area contributed by atoms with E-state index in [1.54, 1.807) is 0 Å². The second kappa shape index (κ2) is 13.5. The Bertz CT molecular complexity index is 755. The van der Waals surface area contributed by atoms with Crippen molar-refractivity contribution in [3.63, 3.8) is 0 Å². The lowest BCUT2D eigenvalue weighted by Gasteiger charge is -2.24. The Balaban J connectivity index is 5.56. The Morgan fingerprint density at radius 1 is 0.719 bits per heavy atom. The summed E-state index contributed by atoms with van der Waals surface area (Å²) >= 11 is 0. The predicted octanol–water partition coefficient (Wildman–Crippen LogP) is -4.12. The average molecular weight is 460 g/mol. The average Bonchev–Trinajstić information content (AvgIpc) is 2.66.